The number of allylic oxidation sites excluding steroid dienone is 2. The second-order valence-corrected chi connectivity index (χ2v) is 4.82. The Balaban J connectivity index is 2.03. The molecule has 2 heterocycles. The molecule has 0 aliphatic carbocycles. The van der Waals surface area contributed by atoms with Crippen LogP contribution in [0.1, 0.15) is 5.56 Å². The first kappa shape index (κ1) is 13.2. The van der Waals surface area contributed by atoms with Crippen molar-refractivity contribution < 1.29 is 4.74 Å². The number of nitrogens with zero attached hydrogens (tertiary/aromatic N) is 2. The van der Waals surface area contributed by atoms with Crippen molar-refractivity contribution in [2.45, 2.75) is 0 Å². The maximum absolute atomic E-state index is 6.00. The summed E-state index contributed by atoms with van der Waals surface area (Å²) >= 11 is 0. The highest BCUT2D eigenvalue weighted by Crippen LogP contribution is 2.31. The maximum atomic E-state index is 6.00. The minimum Gasteiger partial charge on any atom is -0.497 e. The molecular weight excluding hydrogens is 262 g/mol. The van der Waals surface area contributed by atoms with Crippen LogP contribution in [0.3, 0.4) is 0 Å². The molecule has 0 saturated heterocycles. The van der Waals surface area contributed by atoms with Gasteiger partial charge >= 0.3 is 0 Å². The summed E-state index contributed by atoms with van der Waals surface area (Å²) in [5.41, 5.74) is 10.0. The first-order valence-electron chi connectivity index (χ1n) is 6.76. The van der Waals surface area contributed by atoms with Crippen molar-refractivity contribution in [3.05, 3.63) is 72.2 Å². The summed E-state index contributed by atoms with van der Waals surface area (Å²) in [6.07, 6.45) is 7.59. The molecule has 0 radical (unpaired) electrons. The van der Waals surface area contributed by atoms with Gasteiger partial charge in [-0.3, -0.25) is 4.98 Å². The Morgan fingerprint density at radius 3 is 2.86 bits per heavy atom. The lowest BCUT2D eigenvalue weighted by Gasteiger charge is -2.30. The van der Waals surface area contributed by atoms with E-state index in [-0.39, 0.29) is 0 Å². The van der Waals surface area contributed by atoms with Gasteiger partial charge in [0.05, 0.1) is 19.4 Å². The summed E-state index contributed by atoms with van der Waals surface area (Å²) in [6, 6.07) is 11.9. The van der Waals surface area contributed by atoms with Gasteiger partial charge in [0, 0.05) is 35.4 Å². The van der Waals surface area contributed by atoms with E-state index in [4.69, 9.17) is 10.5 Å². The largest absolute Gasteiger partial charge is 0.497 e. The van der Waals surface area contributed by atoms with E-state index in [0.717, 1.165) is 28.4 Å². The van der Waals surface area contributed by atoms with Gasteiger partial charge in [0.25, 0.3) is 0 Å². The van der Waals surface area contributed by atoms with E-state index < -0.39 is 0 Å². The van der Waals surface area contributed by atoms with Gasteiger partial charge in [-0.15, -0.1) is 0 Å². The number of aromatic nitrogens is 1. The molecule has 0 spiro atoms. The zero-order chi connectivity index (χ0) is 14.7. The fourth-order valence-electron chi connectivity index (χ4n) is 2.37. The van der Waals surface area contributed by atoms with Crippen molar-refractivity contribution in [3.8, 4) is 5.75 Å². The lowest BCUT2D eigenvalue weighted by atomic mass is 10.1. The van der Waals surface area contributed by atoms with E-state index in [1.54, 1.807) is 13.3 Å². The van der Waals surface area contributed by atoms with Crippen LogP contribution < -0.4 is 15.4 Å². The van der Waals surface area contributed by atoms with E-state index in [9.17, 15) is 0 Å². The number of hydrogen-bond donors (Lipinski definition) is 1. The molecule has 1 aromatic heterocycles. The molecule has 2 aromatic rings. The van der Waals surface area contributed by atoms with Gasteiger partial charge < -0.3 is 15.4 Å². The highest BCUT2D eigenvalue weighted by molar-refractivity contribution is 5.82. The predicted molar refractivity (Wildman–Crippen MR) is 84.8 cm³/mol. The molecule has 1 aliphatic rings. The van der Waals surface area contributed by atoms with Gasteiger partial charge in [0.15, 0.2) is 0 Å². The number of methoxy groups -OCH3 is 1. The Hall–Kier alpha value is -2.75. The molecule has 1 aliphatic heterocycles. The van der Waals surface area contributed by atoms with Crippen molar-refractivity contribution in [1.82, 2.24) is 4.98 Å². The summed E-state index contributed by atoms with van der Waals surface area (Å²) in [4.78, 5) is 6.36. The number of anilines is 1. The molecule has 21 heavy (non-hydrogen) atoms. The molecule has 0 amide bonds. The van der Waals surface area contributed by atoms with Gasteiger partial charge in [-0.25, -0.2) is 0 Å². The first-order chi connectivity index (χ1) is 10.3. The monoisotopic (exact) mass is 279 g/mol. The number of pyridine rings is 1. The first-order valence-corrected chi connectivity index (χ1v) is 6.76. The minimum atomic E-state index is 0.647. The van der Waals surface area contributed by atoms with Crippen LogP contribution in [-0.4, -0.2) is 18.6 Å². The van der Waals surface area contributed by atoms with Crippen molar-refractivity contribution >= 4 is 11.4 Å². The Labute approximate surface area is 124 Å². The molecule has 4 nitrogen and oxygen atoms in total. The molecular formula is C17H17N3O. The van der Waals surface area contributed by atoms with E-state index >= 15 is 0 Å². The second-order valence-electron chi connectivity index (χ2n) is 4.82. The van der Waals surface area contributed by atoms with Crippen LogP contribution in [0.4, 0.5) is 5.69 Å². The number of nitrogens with two attached hydrogens (primary N) is 1. The Kier molecular flexibility index (Phi) is 3.60. The zero-order valence-electron chi connectivity index (χ0n) is 11.9. The van der Waals surface area contributed by atoms with E-state index in [1.165, 1.54) is 0 Å². The SMILES string of the molecule is COc1cccc(N2CC(N)=CC=C2c2cccnc2)c1. The molecule has 0 saturated carbocycles. The Morgan fingerprint density at radius 1 is 1.19 bits per heavy atom. The third kappa shape index (κ3) is 2.74. The minimum absolute atomic E-state index is 0.647. The molecule has 3 rings (SSSR count). The number of rotatable bonds is 3. The van der Waals surface area contributed by atoms with Crippen LogP contribution in [0.2, 0.25) is 0 Å². The summed E-state index contributed by atoms with van der Waals surface area (Å²) in [6.45, 7) is 0.647. The molecule has 106 valence electrons. The van der Waals surface area contributed by atoms with Crippen LogP contribution >= 0.6 is 0 Å². The summed E-state index contributed by atoms with van der Waals surface area (Å²) < 4.78 is 5.31. The van der Waals surface area contributed by atoms with Crippen molar-refractivity contribution in [3.63, 3.8) is 0 Å². The quantitative estimate of drug-likeness (QED) is 0.938. The summed E-state index contributed by atoms with van der Waals surface area (Å²) in [5.74, 6) is 0.825. The van der Waals surface area contributed by atoms with Gasteiger partial charge in [-0.05, 0) is 36.4 Å². The van der Waals surface area contributed by atoms with E-state index in [2.05, 4.69) is 9.88 Å². The van der Waals surface area contributed by atoms with Crippen LogP contribution in [0.15, 0.2) is 66.6 Å². The highest BCUT2D eigenvalue weighted by atomic mass is 16.5. The molecule has 2 N–H and O–H groups in total. The lowest BCUT2D eigenvalue weighted by molar-refractivity contribution is 0.415. The fourth-order valence-corrected chi connectivity index (χ4v) is 2.37. The highest BCUT2D eigenvalue weighted by Gasteiger charge is 2.18. The van der Waals surface area contributed by atoms with Crippen LogP contribution in [0.25, 0.3) is 5.70 Å². The van der Waals surface area contributed by atoms with Crippen LogP contribution in [-0.2, 0) is 0 Å². The third-order valence-electron chi connectivity index (χ3n) is 3.41. The standard InChI is InChI=1S/C17H17N3O/c1-21-16-6-2-5-15(10-16)20-12-14(18)7-8-17(20)13-4-3-9-19-11-13/h2-11H,12,18H2,1H3. The second kappa shape index (κ2) is 5.71. The average Bonchev–Trinajstić information content (AvgIpc) is 2.55. The van der Waals surface area contributed by atoms with E-state index in [0.29, 0.717) is 6.54 Å². The Morgan fingerprint density at radius 2 is 2.10 bits per heavy atom. The van der Waals surface area contributed by atoms with Crippen molar-refractivity contribution in [1.29, 1.82) is 0 Å². The molecule has 0 atom stereocenters. The smallest absolute Gasteiger partial charge is 0.120 e. The van der Waals surface area contributed by atoms with Gasteiger partial charge in [-0.2, -0.15) is 0 Å². The number of ether oxygens (including phenoxy) is 1. The molecule has 4 heteroatoms. The molecule has 0 bridgehead atoms. The van der Waals surface area contributed by atoms with Crippen molar-refractivity contribution in [2.24, 2.45) is 5.73 Å². The topological polar surface area (TPSA) is 51.4 Å². The summed E-state index contributed by atoms with van der Waals surface area (Å²) in [7, 11) is 1.67. The summed E-state index contributed by atoms with van der Waals surface area (Å²) in [5, 5.41) is 0. The normalized spacial score (nSPS) is 14.4. The number of benzene rings is 1. The van der Waals surface area contributed by atoms with Crippen molar-refractivity contribution in [2.75, 3.05) is 18.6 Å². The fraction of sp³-hybridized carbons (Fsp3) is 0.118. The van der Waals surface area contributed by atoms with Gasteiger partial charge in [0.1, 0.15) is 5.75 Å². The Bertz CT molecular complexity index is 692. The van der Waals surface area contributed by atoms with Crippen LogP contribution in [0, 0.1) is 0 Å². The maximum Gasteiger partial charge on any atom is 0.120 e. The van der Waals surface area contributed by atoms with Crippen LogP contribution in [0.5, 0.6) is 5.75 Å². The van der Waals surface area contributed by atoms with Gasteiger partial charge in [0.2, 0.25) is 0 Å². The molecule has 0 unspecified atom stereocenters. The van der Waals surface area contributed by atoms with E-state index in [1.807, 2.05) is 54.7 Å². The third-order valence-corrected chi connectivity index (χ3v) is 3.41. The zero-order valence-corrected chi connectivity index (χ0v) is 11.9. The molecule has 1 aromatic carbocycles. The average molecular weight is 279 g/mol. The predicted octanol–water partition coefficient (Wildman–Crippen LogP) is 2.79. The molecule has 0 fully saturated rings. The number of hydrogen-bond acceptors (Lipinski definition) is 4. The van der Waals surface area contributed by atoms with Gasteiger partial charge in [-0.1, -0.05) is 6.07 Å². The lowest BCUT2D eigenvalue weighted by Crippen LogP contribution is -2.29.